The molecule has 0 atom stereocenters. The Hall–Kier alpha value is -2.01. The number of hydrogen-bond acceptors (Lipinski definition) is 4. The number of halogens is 1. The van der Waals surface area contributed by atoms with Crippen LogP contribution in [0.4, 0.5) is 15.8 Å². The SMILES string of the molecule is CCN(c1ccc(F)cc1)c1cnc(C(C)C)nc1CO. The molecule has 21 heavy (non-hydrogen) atoms. The normalized spacial score (nSPS) is 11.0. The second-order valence-electron chi connectivity index (χ2n) is 5.09. The first-order valence-corrected chi connectivity index (χ1v) is 7.06. The summed E-state index contributed by atoms with van der Waals surface area (Å²) in [5, 5.41) is 9.58. The maximum atomic E-state index is 13.1. The van der Waals surface area contributed by atoms with Crippen LogP contribution in [0.1, 0.15) is 38.2 Å². The fourth-order valence-corrected chi connectivity index (χ4v) is 2.16. The van der Waals surface area contributed by atoms with E-state index in [-0.39, 0.29) is 18.3 Å². The van der Waals surface area contributed by atoms with Crippen molar-refractivity contribution in [1.29, 1.82) is 0 Å². The van der Waals surface area contributed by atoms with Gasteiger partial charge in [0.1, 0.15) is 11.6 Å². The van der Waals surface area contributed by atoms with Crippen LogP contribution < -0.4 is 4.90 Å². The summed E-state index contributed by atoms with van der Waals surface area (Å²) >= 11 is 0. The average molecular weight is 289 g/mol. The maximum absolute atomic E-state index is 13.1. The van der Waals surface area contributed by atoms with Gasteiger partial charge in [-0.3, -0.25) is 0 Å². The molecular formula is C16H20FN3O. The van der Waals surface area contributed by atoms with E-state index < -0.39 is 0 Å². The number of aromatic nitrogens is 2. The standard InChI is InChI=1S/C16H20FN3O/c1-4-20(13-7-5-12(17)6-8-13)15-9-18-16(11(2)3)19-14(15)10-21/h5-9,11,21H,4,10H2,1-3H3. The van der Waals surface area contributed by atoms with Gasteiger partial charge in [0.05, 0.1) is 24.2 Å². The second kappa shape index (κ2) is 6.63. The molecule has 0 spiro atoms. The highest BCUT2D eigenvalue weighted by Gasteiger charge is 2.15. The Morgan fingerprint density at radius 2 is 1.90 bits per heavy atom. The Labute approximate surface area is 124 Å². The third-order valence-electron chi connectivity index (χ3n) is 3.28. The molecule has 0 aliphatic carbocycles. The summed E-state index contributed by atoms with van der Waals surface area (Å²) in [6.45, 7) is 6.51. The molecule has 0 aliphatic rings. The Morgan fingerprint density at radius 3 is 2.43 bits per heavy atom. The quantitative estimate of drug-likeness (QED) is 0.916. The fraction of sp³-hybridized carbons (Fsp3) is 0.375. The first-order chi connectivity index (χ1) is 10.1. The van der Waals surface area contributed by atoms with Crippen molar-refractivity contribution in [2.24, 2.45) is 0 Å². The molecule has 0 saturated heterocycles. The molecule has 4 nitrogen and oxygen atoms in total. The first-order valence-electron chi connectivity index (χ1n) is 7.06. The summed E-state index contributed by atoms with van der Waals surface area (Å²) < 4.78 is 13.1. The van der Waals surface area contributed by atoms with E-state index in [1.165, 1.54) is 12.1 Å². The molecule has 5 heteroatoms. The Morgan fingerprint density at radius 1 is 1.24 bits per heavy atom. The van der Waals surface area contributed by atoms with Crippen LogP contribution in [0.25, 0.3) is 0 Å². The van der Waals surface area contributed by atoms with Crippen molar-refractivity contribution in [3.05, 3.63) is 47.8 Å². The zero-order chi connectivity index (χ0) is 15.4. The Kier molecular flexibility index (Phi) is 4.85. The van der Waals surface area contributed by atoms with Gasteiger partial charge in [-0.15, -0.1) is 0 Å². The van der Waals surface area contributed by atoms with Crippen LogP contribution in [0.2, 0.25) is 0 Å². The van der Waals surface area contributed by atoms with Gasteiger partial charge in [-0.2, -0.15) is 0 Å². The Balaban J connectivity index is 2.44. The van der Waals surface area contributed by atoms with Crippen molar-refractivity contribution in [3.63, 3.8) is 0 Å². The van der Waals surface area contributed by atoms with Gasteiger partial charge in [0, 0.05) is 18.2 Å². The minimum absolute atomic E-state index is 0.157. The van der Waals surface area contributed by atoms with Crippen LogP contribution in [-0.4, -0.2) is 21.6 Å². The van der Waals surface area contributed by atoms with Gasteiger partial charge >= 0.3 is 0 Å². The van der Waals surface area contributed by atoms with Gasteiger partial charge in [0.2, 0.25) is 0 Å². The molecule has 2 rings (SSSR count). The van der Waals surface area contributed by atoms with E-state index in [2.05, 4.69) is 9.97 Å². The fourth-order valence-electron chi connectivity index (χ4n) is 2.16. The van der Waals surface area contributed by atoms with E-state index in [1.807, 2.05) is 25.7 Å². The van der Waals surface area contributed by atoms with Gasteiger partial charge in [0.25, 0.3) is 0 Å². The van der Waals surface area contributed by atoms with Gasteiger partial charge in [-0.05, 0) is 31.2 Å². The van der Waals surface area contributed by atoms with Gasteiger partial charge in [-0.1, -0.05) is 13.8 Å². The minimum Gasteiger partial charge on any atom is -0.390 e. The number of aliphatic hydroxyl groups excluding tert-OH is 1. The number of benzene rings is 1. The van der Waals surface area contributed by atoms with Crippen LogP contribution in [0.5, 0.6) is 0 Å². The summed E-state index contributed by atoms with van der Waals surface area (Å²) in [4.78, 5) is 10.7. The molecule has 0 unspecified atom stereocenters. The van der Waals surface area contributed by atoms with Crippen molar-refractivity contribution in [1.82, 2.24) is 9.97 Å². The molecule has 1 heterocycles. The van der Waals surface area contributed by atoms with Crippen molar-refractivity contribution < 1.29 is 9.50 Å². The van der Waals surface area contributed by atoms with Crippen molar-refractivity contribution in [2.75, 3.05) is 11.4 Å². The molecule has 2 aromatic rings. The lowest BCUT2D eigenvalue weighted by atomic mass is 10.2. The molecule has 1 aromatic carbocycles. The number of anilines is 2. The molecular weight excluding hydrogens is 269 g/mol. The highest BCUT2D eigenvalue weighted by Crippen LogP contribution is 2.28. The van der Waals surface area contributed by atoms with E-state index in [9.17, 15) is 9.50 Å². The molecule has 0 saturated carbocycles. The van der Waals surface area contributed by atoms with E-state index in [0.717, 1.165) is 11.4 Å². The van der Waals surface area contributed by atoms with Crippen LogP contribution in [0, 0.1) is 5.82 Å². The number of aliphatic hydroxyl groups is 1. The largest absolute Gasteiger partial charge is 0.390 e. The number of hydrogen-bond donors (Lipinski definition) is 1. The monoisotopic (exact) mass is 289 g/mol. The summed E-state index contributed by atoms with van der Waals surface area (Å²) in [7, 11) is 0. The first kappa shape index (κ1) is 15.4. The topological polar surface area (TPSA) is 49.2 Å². The van der Waals surface area contributed by atoms with Crippen LogP contribution in [0.3, 0.4) is 0 Å². The molecule has 112 valence electrons. The molecule has 0 radical (unpaired) electrons. The molecule has 1 aromatic heterocycles. The van der Waals surface area contributed by atoms with Gasteiger partial charge < -0.3 is 10.0 Å². The lowest BCUT2D eigenvalue weighted by molar-refractivity contribution is 0.276. The zero-order valence-electron chi connectivity index (χ0n) is 12.5. The highest BCUT2D eigenvalue weighted by atomic mass is 19.1. The van der Waals surface area contributed by atoms with Gasteiger partial charge in [-0.25, -0.2) is 14.4 Å². The number of nitrogens with zero attached hydrogens (tertiary/aromatic N) is 3. The van der Waals surface area contributed by atoms with E-state index in [4.69, 9.17) is 0 Å². The van der Waals surface area contributed by atoms with Crippen LogP contribution in [0.15, 0.2) is 30.5 Å². The van der Waals surface area contributed by atoms with Crippen LogP contribution >= 0.6 is 0 Å². The maximum Gasteiger partial charge on any atom is 0.131 e. The molecule has 1 N–H and O–H groups in total. The zero-order valence-corrected chi connectivity index (χ0v) is 12.5. The summed E-state index contributed by atoms with van der Waals surface area (Å²) in [5.74, 6) is 0.631. The number of rotatable bonds is 5. The van der Waals surface area contributed by atoms with Crippen molar-refractivity contribution in [2.45, 2.75) is 33.3 Å². The minimum atomic E-state index is -0.274. The summed E-state index contributed by atoms with van der Waals surface area (Å²) in [6, 6.07) is 6.24. The van der Waals surface area contributed by atoms with E-state index in [1.54, 1.807) is 18.3 Å². The average Bonchev–Trinajstić information content (AvgIpc) is 2.50. The summed E-state index contributed by atoms with van der Waals surface area (Å²) in [6.07, 6.45) is 1.72. The predicted octanol–water partition coefficient (Wildman–Crippen LogP) is 3.39. The second-order valence-corrected chi connectivity index (χ2v) is 5.09. The van der Waals surface area contributed by atoms with E-state index >= 15 is 0 Å². The smallest absolute Gasteiger partial charge is 0.131 e. The molecule has 0 amide bonds. The highest BCUT2D eigenvalue weighted by molar-refractivity contribution is 5.64. The molecule has 0 bridgehead atoms. The summed E-state index contributed by atoms with van der Waals surface area (Å²) in [5.41, 5.74) is 2.17. The molecule has 0 fully saturated rings. The third-order valence-corrected chi connectivity index (χ3v) is 3.28. The van der Waals surface area contributed by atoms with Crippen molar-refractivity contribution in [3.8, 4) is 0 Å². The van der Waals surface area contributed by atoms with E-state index in [0.29, 0.717) is 18.1 Å². The Bertz CT molecular complexity index is 599. The van der Waals surface area contributed by atoms with Crippen molar-refractivity contribution >= 4 is 11.4 Å². The lowest BCUT2D eigenvalue weighted by Crippen LogP contribution is -2.19. The molecule has 0 aliphatic heterocycles. The van der Waals surface area contributed by atoms with Crippen LogP contribution in [-0.2, 0) is 6.61 Å². The predicted molar refractivity (Wildman–Crippen MR) is 81.1 cm³/mol. The lowest BCUT2D eigenvalue weighted by Gasteiger charge is -2.25. The third kappa shape index (κ3) is 3.36. The van der Waals surface area contributed by atoms with Gasteiger partial charge in [0.15, 0.2) is 0 Å².